The lowest BCUT2D eigenvalue weighted by atomic mass is 10.0. The quantitative estimate of drug-likeness (QED) is 0.757. The molecule has 0 amide bonds. The molecule has 0 aromatic heterocycles. The number of aromatic hydroxyl groups is 1. The minimum atomic E-state index is 0.136. The Morgan fingerprint density at radius 2 is 2.14 bits per heavy atom. The van der Waals surface area contributed by atoms with E-state index in [1.807, 2.05) is 33.0 Å². The molecule has 0 aliphatic rings. The summed E-state index contributed by atoms with van der Waals surface area (Å²) in [5.74, 6) is 0.839. The van der Waals surface area contributed by atoms with Crippen molar-refractivity contribution < 1.29 is 5.11 Å². The number of aryl methyl sites for hydroxylation is 1. The molecule has 0 saturated carbocycles. The molecule has 1 aromatic carbocycles. The molecule has 0 radical (unpaired) electrons. The van der Waals surface area contributed by atoms with Gasteiger partial charge in [0.1, 0.15) is 5.75 Å². The lowest BCUT2D eigenvalue weighted by Crippen LogP contribution is -2.13. The van der Waals surface area contributed by atoms with Gasteiger partial charge in [-0.05, 0) is 38.1 Å². The van der Waals surface area contributed by atoms with Crippen LogP contribution < -0.4 is 5.32 Å². The van der Waals surface area contributed by atoms with E-state index in [0.29, 0.717) is 11.6 Å². The Kier molecular flexibility index (Phi) is 3.78. The van der Waals surface area contributed by atoms with E-state index >= 15 is 0 Å². The molecule has 1 atom stereocenters. The molecule has 2 N–H and O–H groups in total. The lowest BCUT2D eigenvalue weighted by molar-refractivity contribution is 0.453. The number of hydrogen-bond acceptors (Lipinski definition) is 2. The molecule has 78 valence electrons. The summed E-state index contributed by atoms with van der Waals surface area (Å²) in [7, 11) is 1.87. The highest BCUT2D eigenvalue weighted by Gasteiger charge is 2.11. The second kappa shape index (κ2) is 4.67. The number of alkyl halides is 1. The zero-order valence-corrected chi connectivity index (χ0v) is 9.52. The maximum atomic E-state index is 9.84. The first-order valence-corrected chi connectivity index (χ1v) is 5.19. The summed E-state index contributed by atoms with van der Waals surface area (Å²) in [4.78, 5) is 0. The van der Waals surface area contributed by atoms with Crippen molar-refractivity contribution in [3.05, 3.63) is 28.8 Å². The van der Waals surface area contributed by atoms with E-state index in [1.165, 1.54) is 0 Å². The third-order valence-corrected chi connectivity index (χ3v) is 2.75. The van der Waals surface area contributed by atoms with Crippen molar-refractivity contribution in [2.24, 2.45) is 0 Å². The minimum Gasteiger partial charge on any atom is -0.507 e. The van der Waals surface area contributed by atoms with Gasteiger partial charge in [-0.2, -0.15) is 0 Å². The first kappa shape index (κ1) is 11.3. The second-order valence-electron chi connectivity index (χ2n) is 3.49. The molecular weight excluding hydrogens is 198 g/mol. The van der Waals surface area contributed by atoms with E-state index in [2.05, 4.69) is 5.32 Å². The van der Waals surface area contributed by atoms with E-state index in [9.17, 15) is 5.11 Å². The molecule has 0 saturated heterocycles. The number of nitrogens with one attached hydrogen (secondary N) is 1. The van der Waals surface area contributed by atoms with Gasteiger partial charge in [0.15, 0.2) is 0 Å². The van der Waals surface area contributed by atoms with Crippen molar-refractivity contribution in [2.75, 3.05) is 7.05 Å². The van der Waals surface area contributed by atoms with Gasteiger partial charge in [0, 0.05) is 17.5 Å². The molecule has 0 fully saturated rings. The Morgan fingerprint density at radius 3 is 2.64 bits per heavy atom. The fourth-order valence-corrected chi connectivity index (χ4v) is 1.60. The first-order chi connectivity index (χ1) is 6.60. The van der Waals surface area contributed by atoms with Crippen LogP contribution in [0.5, 0.6) is 5.75 Å². The third-order valence-electron chi connectivity index (χ3n) is 2.44. The van der Waals surface area contributed by atoms with E-state index < -0.39 is 0 Å². The SMILES string of the molecule is CNC(C)c1cc(CCl)cc(C)c1O. The van der Waals surface area contributed by atoms with E-state index in [0.717, 1.165) is 16.7 Å². The van der Waals surface area contributed by atoms with E-state index in [-0.39, 0.29) is 6.04 Å². The Labute approximate surface area is 89.9 Å². The highest BCUT2D eigenvalue weighted by molar-refractivity contribution is 6.17. The Morgan fingerprint density at radius 1 is 1.50 bits per heavy atom. The van der Waals surface area contributed by atoms with Crippen LogP contribution in [0.3, 0.4) is 0 Å². The molecule has 0 bridgehead atoms. The number of phenolic OH excluding ortho intramolecular Hbond substituents is 1. The number of hydrogen-bond donors (Lipinski definition) is 2. The van der Waals surface area contributed by atoms with Crippen LogP contribution >= 0.6 is 11.6 Å². The maximum Gasteiger partial charge on any atom is 0.123 e. The molecule has 2 nitrogen and oxygen atoms in total. The molecular formula is C11H16ClNO. The molecule has 0 spiro atoms. The van der Waals surface area contributed by atoms with Gasteiger partial charge < -0.3 is 10.4 Å². The largest absolute Gasteiger partial charge is 0.507 e. The van der Waals surface area contributed by atoms with Gasteiger partial charge in [-0.3, -0.25) is 0 Å². The van der Waals surface area contributed by atoms with Crippen LogP contribution in [0.15, 0.2) is 12.1 Å². The minimum absolute atomic E-state index is 0.136. The Balaban J connectivity index is 3.20. The molecule has 1 aromatic rings. The predicted molar refractivity (Wildman–Crippen MR) is 59.9 cm³/mol. The summed E-state index contributed by atoms with van der Waals surface area (Å²) in [6.07, 6.45) is 0. The molecule has 0 aliphatic carbocycles. The second-order valence-corrected chi connectivity index (χ2v) is 3.76. The van der Waals surface area contributed by atoms with Gasteiger partial charge in [-0.1, -0.05) is 6.07 Å². The van der Waals surface area contributed by atoms with Crippen molar-refractivity contribution in [3.8, 4) is 5.75 Å². The molecule has 0 aliphatic heterocycles. The van der Waals surface area contributed by atoms with Crippen molar-refractivity contribution in [2.45, 2.75) is 25.8 Å². The van der Waals surface area contributed by atoms with E-state index in [4.69, 9.17) is 11.6 Å². The van der Waals surface area contributed by atoms with Gasteiger partial charge in [0.2, 0.25) is 0 Å². The smallest absolute Gasteiger partial charge is 0.123 e. The van der Waals surface area contributed by atoms with Crippen LogP contribution in [-0.2, 0) is 5.88 Å². The number of benzene rings is 1. The average molecular weight is 214 g/mol. The summed E-state index contributed by atoms with van der Waals surface area (Å²) in [6, 6.07) is 3.99. The summed E-state index contributed by atoms with van der Waals surface area (Å²) in [5.41, 5.74) is 2.82. The highest BCUT2D eigenvalue weighted by Crippen LogP contribution is 2.29. The maximum absolute atomic E-state index is 9.84. The molecule has 0 heterocycles. The third kappa shape index (κ3) is 2.20. The van der Waals surface area contributed by atoms with Crippen molar-refractivity contribution in [3.63, 3.8) is 0 Å². The first-order valence-electron chi connectivity index (χ1n) is 4.65. The zero-order valence-electron chi connectivity index (χ0n) is 8.76. The van der Waals surface area contributed by atoms with Crippen molar-refractivity contribution >= 4 is 11.6 Å². The topological polar surface area (TPSA) is 32.3 Å². The lowest BCUT2D eigenvalue weighted by Gasteiger charge is -2.15. The van der Waals surface area contributed by atoms with Gasteiger partial charge in [0.25, 0.3) is 0 Å². The fraction of sp³-hybridized carbons (Fsp3) is 0.455. The summed E-state index contributed by atoms with van der Waals surface area (Å²) >= 11 is 5.77. The van der Waals surface area contributed by atoms with Crippen LogP contribution in [0.4, 0.5) is 0 Å². The average Bonchev–Trinajstić information content (AvgIpc) is 2.20. The number of rotatable bonds is 3. The highest BCUT2D eigenvalue weighted by atomic mass is 35.5. The van der Waals surface area contributed by atoms with Crippen LogP contribution in [0, 0.1) is 6.92 Å². The number of phenols is 1. The normalized spacial score (nSPS) is 12.9. The van der Waals surface area contributed by atoms with Crippen LogP contribution in [0.2, 0.25) is 0 Å². The predicted octanol–water partition coefficient (Wildman–Crippen LogP) is 2.72. The van der Waals surface area contributed by atoms with Crippen LogP contribution in [0.25, 0.3) is 0 Å². The Hall–Kier alpha value is -0.730. The Bertz CT molecular complexity index is 325. The van der Waals surface area contributed by atoms with Gasteiger partial charge in [-0.25, -0.2) is 0 Å². The summed E-state index contributed by atoms with van der Waals surface area (Å²) in [6.45, 7) is 3.89. The molecule has 14 heavy (non-hydrogen) atoms. The number of halogens is 1. The van der Waals surface area contributed by atoms with Gasteiger partial charge in [-0.15, -0.1) is 11.6 Å². The fourth-order valence-electron chi connectivity index (χ4n) is 1.45. The van der Waals surface area contributed by atoms with Gasteiger partial charge in [0.05, 0.1) is 0 Å². The molecule has 1 rings (SSSR count). The monoisotopic (exact) mass is 213 g/mol. The van der Waals surface area contributed by atoms with Crippen LogP contribution in [0.1, 0.15) is 29.7 Å². The summed E-state index contributed by atoms with van der Waals surface area (Å²) in [5, 5.41) is 12.9. The van der Waals surface area contributed by atoms with Gasteiger partial charge >= 0.3 is 0 Å². The molecule has 1 unspecified atom stereocenters. The van der Waals surface area contributed by atoms with Crippen molar-refractivity contribution in [1.82, 2.24) is 5.32 Å². The van der Waals surface area contributed by atoms with Crippen molar-refractivity contribution in [1.29, 1.82) is 0 Å². The molecule has 3 heteroatoms. The van der Waals surface area contributed by atoms with E-state index in [1.54, 1.807) is 0 Å². The summed E-state index contributed by atoms with van der Waals surface area (Å²) < 4.78 is 0. The zero-order chi connectivity index (χ0) is 10.7. The van der Waals surface area contributed by atoms with Crippen LogP contribution in [-0.4, -0.2) is 12.2 Å². The standard InChI is InChI=1S/C11H16ClNO/c1-7-4-9(6-12)5-10(11(7)14)8(2)13-3/h4-5,8,13-14H,6H2,1-3H3.